The summed E-state index contributed by atoms with van der Waals surface area (Å²) in [4.78, 5) is 2.94. The second-order valence-electron chi connectivity index (χ2n) is 7.14. The Morgan fingerprint density at radius 2 is 1.74 bits per heavy atom. The predicted molar refractivity (Wildman–Crippen MR) is 81.4 cm³/mol. The monoisotopic (exact) mass is 264 g/mol. The highest BCUT2D eigenvalue weighted by atomic mass is 15.2. The van der Waals surface area contributed by atoms with E-state index in [4.69, 9.17) is 0 Å². The van der Waals surface area contributed by atoms with Gasteiger partial charge in [-0.1, -0.05) is 26.2 Å². The second kappa shape index (κ2) is 6.58. The fraction of sp³-hybridized carbons (Fsp3) is 1.00. The molecule has 1 N–H and O–H groups in total. The molecule has 3 aliphatic rings. The minimum atomic E-state index is 0.779. The zero-order valence-electron chi connectivity index (χ0n) is 12.7. The lowest BCUT2D eigenvalue weighted by Crippen LogP contribution is -2.51. The first-order valence-corrected chi connectivity index (χ1v) is 8.87. The summed E-state index contributed by atoms with van der Waals surface area (Å²) >= 11 is 0. The molecule has 0 bridgehead atoms. The molecule has 0 aromatic rings. The average molecular weight is 264 g/mol. The average Bonchev–Trinajstić information content (AvgIpc) is 3.30. The molecule has 0 amide bonds. The van der Waals surface area contributed by atoms with E-state index in [1.54, 1.807) is 0 Å². The highest BCUT2D eigenvalue weighted by Crippen LogP contribution is 2.38. The summed E-state index contributed by atoms with van der Waals surface area (Å²) in [5, 5.41) is 3.88. The Balaban J connectivity index is 1.63. The van der Waals surface area contributed by atoms with Crippen LogP contribution in [-0.4, -0.2) is 36.1 Å². The van der Waals surface area contributed by atoms with Crippen molar-refractivity contribution in [3.8, 4) is 0 Å². The summed E-state index contributed by atoms with van der Waals surface area (Å²) in [6.45, 7) is 4.92. The zero-order valence-corrected chi connectivity index (χ0v) is 12.7. The largest absolute Gasteiger partial charge is 0.312 e. The van der Waals surface area contributed by atoms with Gasteiger partial charge in [0.1, 0.15) is 0 Å². The lowest BCUT2D eigenvalue weighted by Gasteiger charge is -2.37. The fourth-order valence-corrected chi connectivity index (χ4v) is 3.81. The van der Waals surface area contributed by atoms with Crippen molar-refractivity contribution in [2.45, 2.75) is 89.3 Å². The molecule has 110 valence electrons. The van der Waals surface area contributed by atoms with Crippen molar-refractivity contribution in [2.75, 3.05) is 13.1 Å². The van der Waals surface area contributed by atoms with Crippen molar-refractivity contribution >= 4 is 0 Å². The highest BCUT2D eigenvalue weighted by molar-refractivity contribution is 4.96. The molecule has 2 unspecified atom stereocenters. The second-order valence-corrected chi connectivity index (χ2v) is 7.14. The summed E-state index contributed by atoms with van der Waals surface area (Å²) in [7, 11) is 0. The summed E-state index contributed by atoms with van der Waals surface area (Å²) in [6.07, 6.45) is 14.5. The maximum Gasteiger partial charge on any atom is 0.0252 e. The van der Waals surface area contributed by atoms with Gasteiger partial charge in [0.15, 0.2) is 0 Å². The van der Waals surface area contributed by atoms with Gasteiger partial charge in [-0.3, -0.25) is 4.90 Å². The first-order valence-electron chi connectivity index (χ1n) is 8.87. The number of rotatable bonds is 7. The van der Waals surface area contributed by atoms with Gasteiger partial charge in [-0.15, -0.1) is 0 Å². The molecule has 3 fully saturated rings. The van der Waals surface area contributed by atoms with Gasteiger partial charge in [0.2, 0.25) is 0 Å². The summed E-state index contributed by atoms with van der Waals surface area (Å²) < 4.78 is 0. The number of nitrogens with one attached hydrogen (secondary N) is 1. The lowest BCUT2D eigenvalue weighted by atomic mass is 10.00. The van der Waals surface area contributed by atoms with Crippen LogP contribution < -0.4 is 5.32 Å². The van der Waals surface area contributed by atoms with Gasteiger partial charge in [-0.05, 0) is 57.4 Å². The van der Waals surface area contributed by atoms with Crippen LogP contribution in [0.4, 0.5) is 0 Å². The number of hydrogen-bond acceptors (Lipinski definition) is 2. The van der Waals surface area contributed by atoms with Crippen LogP contribution in [0.5, 0.6) is 0 Å². The molecule has 0 aromatic heterocycles. The van der Waals surface area contributed by atoms with E-state index in [1.807, 2.05) is 0 Å². The van der Waals surface area contributed by atoms with Crippen molar-refractivity contribution in [1.29, 1.82) is 0 Å². The fourth-order valence-electron chi connectivity index (χ4n) is 3.81. The van der Waals surface area contributed by atoms with E-state index in [0.29, 0.717) is 0 Å². The van der Waals surface area contributed by atoms with Crippen LogP contribution in [0.3, 0.4) is 0 Å². The van der Waals surface area contributed by atoms with Crippen molar-refractivity contribution in [3.63, 3.8) is 0 Å². The molecule has 0 saturated heterocycles. The maximum atomic E-state index is 3.88. The Morgan fingerprint density at radius 3 is 2.42 bits per heavy atom. The molecule has 2 heteroatoms. The van der Waals surface area contributed by atoms with Crippen LogP contribution in [-0.2, 0) is 0 Å². The Labute approximate surface area is 119 Å². The molecule has 0 aliphatic heterocycles. The summed E-state index contributed by atoms with van der Waals surface area (Å²) in [5.41, 5.74) is 0. The molecule has 2 atom stereocenters. The topological polar surface area (TPSA) is 15.3 Å². The quantitative estimate of drug-likeness (QED) is 0.707. The first-order chi connectivity index (χ1) is 9.38. The van der Waals surface area contributed by atoms with Crippen LogP contribution >= 0.6 is 0 Å². The first kappa shape index (κ1) is 13.9. The maximum absolute atomic E-state index is 3.88. The molecule has 19 heavy (non-hydrogen) atoms. The van der Waals surface area contributed by atoms with Gasteiger partial charge < -0.3 is 5.32 Å². The number of hydrogen-bond donors (Lipinski definition) is 1. The molecule has 0 heterocycles. The summed E-state index contributed by atoms with van der Waals surface area (Å²) in [6, 6.07) is 2.58. The standard InChI is InChI=1S/C17H32N2/c1-2-12-18-16-6-4-3-5-7-17(16)19(15-10-11-15)13-14-8-9-14/h14-18H,2-13H2,1H3. The highest BCUT2D eigenvalue weighted by Gasteiger charge is 2.40. The Morgan fingerprint density at radius 1 is 0.947 bits per heavy atom. The Bertz CT molecular complexity index is 270. The van der Waals surface area contributed by atoms with Gasteiger partial charge in [0, 0.05) is 24.7 Å². The smallest absolute Gasteiger partial charge is 0.0252 e. The van der Waals surface area contributed by atoms with E-state index in [-0.39, 0.29) is 0 Å². The van der Waals surface area contributed by atoms with Crippen molar-refractivity contribution in [3.05, 3.63) is 0 Å². The third-order valence-electron chi connectivity index (χ3n) is 5.24. The van der Waals surface area contributed by atoms with E-state index >= 15 is 0 Å². The van der Waals surface area contributed by atoms with Gasteiger partial charge in [0.05, 0.1) is 0 Å². The Kier molecular flexibility index (Phi) is 4.81. The lowest BCUT2D eigenvalue weighted by molar-refractivity contribution is 0.133. The van der Waals surface area contributed by atoms with Crippen LogP contribution in [0.1, 0.15) is 71.1 Å². The molecular weight excluding hydrogens is 232 g/mol. The van der Waals surface area contributed by atoms with E-state index in [0.717, 1.165) is 24.0 Å². The van der Waals surface area contributed by atoms with Crippen LogP contribution in [0.2, 0.25) is 0 Å². The molecule has 0 spiro atoms. The third-order valence-corrected chi connectivity index (χ3v) is 5.24. The number of nitrogens with zero attached hydrogens (tertiary/aromatic N) is 1. The van der Waals surface area contributed by atoms with E-state index in [1.165, 1.54) is 77.3 Å². The molecule has 2 nitrogen and oxygen atoms in total. The molecule has 3 aliphatic carbocycles. The molecule has 3 saturated carbocycles. The molecule has 0 aromatic carbocycles. The third kappa shape index (κ3) is 3.95. The van der Waals surface area contributed by atoms with E-state index < -0.39 is 0 Å². The van der Waals surface area contributed by atoms with Crippen molar-refractivity contribution < 1.29 is 0 Å². The summed E-state index contributed by atoms with van der Waals surface area (Å²) in [5.74, 6) is 1.05. The normalized spacial score (nSPS) is 32.5. The predicted octanol–water partition coefficient (Wildman–Crippen LogP) is 3.56. The van der Waals surface area contributed by atoms with E-state index in [2.05, 4.69) is 17.1 Å². The SMILES string of the molecule is CCCNC1CCCCCC1N(CC1CC1)C1CC1. The molecule has 3 rings (SSSR count). The Hall–Kier alpha value is -0.0800. The van der Waals surface area contributed by atoms with Gasteiger partial charge in [0.25, 0.3) is 0 Å². The van der Waals surface area contributed by atoms with Gasteiger partial charge in [-0.25, -0.2) is 0 Å². The van der Waals surface area contributed by atoms with Gasteiger partial charge >= 0.3 is 0 Å². The van der Waals surface area contributed by atoms with Gasteiger partial charge in [-0.2, -0.15) is 0 Å². The van der Waals surface area contributed by atoms with Crippen molar-refractivity contribution in [1.82, 2.24) is 10.2 Å². The van der Waals surface area contributed by atoms with Crippen LogP contribution in [0.15, 0.2) is 0 Å². The zero-order chi connectivity index (χ0) is 13.1. The minimum absolute atomic E-state index is 0.779. The van der Waals surface area contributed by atoms with Crippen LogP contribution in [0, 0.1) is 5.92 Å². The molecular formula is C17H32N2. The van der Waals surface area contributed by atoms with E-state index in [9.17, 15) is 0 Å². The molecule has 0 radical (unpaired) electrons. The van der Waals surface area contributed by atoms with Crippen molar-refractivity contribution in [2.24, 2.45) is 5.92 Å². The minimum Gasteiger partial charge on any atom is -0.312 e. The van der Waals surface area contributed by atoms with Crippen LogP contribution in [0.25, 0.3) is 0 Å².